The molecule has 1 saturated carbocycles. The van der Waals surface area contributed by atoms with Crippen LogP contribution in [0, 0.1) is 5.92 Å². The average Bonchev–Trinajstić information content (AvgIpc) is 1.94. The van der Waals surface area contributed by atoms with Crippen molar-refractivity contribution in [3.8, 4) is 0 Å². The predicted molar refractivity (Wildman–Crippen MR) is 56.2 cm³/mol. The number of hydrogen-bond donors (Lipinski definition) is 1. The van der Waals surface area contributed by atoms with E-state index in [4.69, 9.17) is 18.0 Å². The second kappa shape index (κ2) is 4.19. The van der Waals surface area contributed by atoms with Crippen LogP contribution in [0.2, 0.25) is 0 Å². The van der Waals surface area contributed by atoms with Gasteiger partial charge in [0, 0.05) is 6.54 Å². The van der Waals surface area contributed by atoms with Crippen molar-refractivity contribution in [3.05, 3.63) is 0 Å². The summed E-state index contributed by atoms with van der Waals surface area (Å²) in [6, 6.07) is 0.251. The Bertz CT molecular complexity index is 166. The Morgan fingerprint density at radius 2 is 2.25 bits per heavy atom. The van der Waals surface area contributed by atoms with Gasteiger partial charge in [0.25, 0.3) is 0 Å². The quantitative estimate of drug-likeness (QED) is 0.673. The van der Waals surface area contributed by atoms with E-state index in [2.05, 4.69) is 18.9 Å². The second-order valence-electron chi connectivity index (χ2n) is 3.81. The van der Waals surface area contributed by atoms with E-state index in [1.807, 2.05) is 0 Å². The van der Waals surface area contributed by atoms with Crippen LogP contribution in [-0.4, -0.2) is 29.5 Å². The van der Waals surface area contributed by atoms with E-state index in [1.165, 1.54) is 19.3 Å². The van der Waals surface area contributed by atoms with Crippen molar-refractivity contribution < 1.29 is 0 Å². The summed E-state index contributed by atoms with van der Waals surface area (Å²) in [5.74, 6) is 0.895. The molecule has 0 amide bonds. The van der Waals surface area contributed by atoms with Crippen LogP contribution in [0.4, 0.5) is 0 Å². The van der Waals surface area contributed by atoms with E-state index in [1.54, 1.807) is 0 Å². The van der Waals surface area contributed by atoms with Crippen molar-refractivity contribution >= 4 is 17.2 Å². The first-order chi connectivity index (χ1) is 5.61. The van der Waals surface area contributed by atoms with Crippen LogP contribution in [0.5, 0.6) is 0 Å². The number of hydrogen-bond acceptors (Lipinski definition) is 2. The van der Waals surface area contributed by atoms with Crippen LogP contribution >= 0.6 is 12.2 Å². The summed E-state index contributed by atoms with van der Waals surface area (Å²) in [6.45, 7) is 3.22. The van der Waals surface area contributed by atoms with Crippen molar-refractivity contribution in [3.63, 3.8) is 0 Å². The van der Waals surface area contributed by atoms with E-state index in [9.17, 15) is 0 Å². The highest BCUT2D eigenvalue weighted by molar-refractivity contribution is 7.80. The SMILES string of the molecule is CC(C(N)=S)N(C)CC1CCC1. The average molecular weight is 186 g/mol. The van der Waals surface area contributed by atoms with E-state index in [0.717, 1.165) is 12.5 Å². The zero-order valence-corrected chi connectivity index (χ0v) is 8.73. The fourth-order valence-corrected chi connectivity index (χ4v) is 1.64. The van der Waals surface area contributed by atoms with Crippen LogP contribution in [0.25, 0.3) is 0 Å². The van der Waals surface area contributed by atoms with E-state index in [0.29, 0.717) is 4.99 Å². The Labute approximate surface area is 80.1 Å². The highest BCUT2D eigenvalue weighted by Gasteiger charge is 2.21. The van der Waals surface area contributed by atoms with Gasteiger partial charge in [-0.05, 0) is 32.7 Å². The minimum atomic E-state index is 0.251. The molecule has 0 spiro atoms. The molecule has 1 atom stereocenters. The molecule has 0 saturated heterocycles. The van der Waals surface area contributed by atoms with Gasteiger partial charge in [-0.15, -0.1) is 0 Å². The van der Waals surface area contributed by atoms with Crippen LogP contribution in [0.15, 0.2) is 0 Å². The van der Waals surface area contributed by atoms with Crippen LogP contribution in [0.3, 0.4) is 0 Å². The number of thiocarbonyl (C=S) groups is 1. The number of likely N-dealkylation sites (N-methyl/N-ethyl adjacent to an activating group) is 1. The lowest BCUT2D eigenvalue weighted by Crippen LogP contribution is -2.42. The summed E-state index contributed by atoms with van der Waals surface area (Å²) >= 11 is 4.94. The Morgan fingerprint density at radius 3 is 2.58 bits per heavy atom. The molecule has 0 aromatic carbocycles. The van der Waals surface area contributed by atoms with Gasteiger partial charge in [-0.1, -0.05) is 18.6 Å². The first-order valence-electron chi connectivity index (χ1n) is 4.61. The molecule has 0 aliphatic heterocycles. The maximum atomic E-state index is 5.56. The Kier molecular flexibility index (Phi) is 3.47. The molecule has 1 aliphatic carbocycles. The van der Waals surface area contributed by atoms with Crippen molar-refractivity contribution in [2.75, 3.05) is 13.6 Å². The maximum absolute atomic E-state index is 5.56. The lowest BCUT2D eigenvalue weighted by molar-refractivity contribution is 0.195. The highest BCUT2D eigenvalue weighted by Crippen LogP contribution is 2.27. The fraction of sp³-hybridized carbons (Fsp3) is 0.889. The summed E-state index contributed by atoms with van der Waals surface area (Å²) in [7, 11) is 2.10. The third-order valence-corrected chi connectivity index (χ3v) is 3.18. The Hall–Kier alpha value is -0.150. The van der Waals surface area contributed by atoms with Gasteiger partial charge >= 0.3 is 0 Å². The fourth-order valence-electron chi connectivity index (χ4n) is 1.46. The summed E-state index contributed by atoms with van der Waals surface area (Å²) in [4.78, 5) is 2.86. The Morgan fingerprint density at radius 1 is 1.67 bits per heavy atom. The second-order valence-corrected chi connectivity index (χ2v) is 4.29. The monoisotopic (exact) mass is 186 g/mol. The van der Waals surface area contributed by atoms with Crippen LogP contribution in [0.1, 0.15) is 26.2 Å². The molecule has 2 N–H and O–H groups in total. The lowest BCUT2D eigenvalue weighted by atomic mass is 9.85. The molecule has 2 nitrogen and oxygen atoms in total. The molecule has 1 rings (SSSR count). The van der Waals surface area contributed by atoms with Gasteiger partial charge in [-0.3, -0.25) is 4.90 Å². The normalized spacial score (nSPS) is 20.6. The molecule has 1 unspecified atom stereocenters. The van der Waals surface area contributed by atoms with Crippen molar-refractivity contribution in [2.24, 2.45) is 11.7 Å². The van der Waals surface area contributed by atoms with Crippen molar-refractivity contribution in [1.82, 2.24) is 4.90 Å². The third-order valence-electron chi connectivity index (χ3n) is 2.84. The molecular weight excluding hydrogens is 168 g/mol. The lowest BCUT2D eigenvalue weighted by Gasteiger charge is -2.32. The van der Waals surface area contributed by atoms with Gasteiger partial charge in [-0.2, -0.15) is 0 Å². The molecule has 70 valence electrons. The van der Waals surface area contributed by atoms with Crippen molar-refractivity contribution in [1.29, 1.82) is 0 Å². The predicted octanol–water partition coefficient (Wildman–Crippen LogP) is 1.39. The van der Waals surface area contributed by atoms with Crippen LogP contribution < -0.4 is 5.73 Å². The number of nitrogens with zero attached hydrogens (tertiary/aromatic N) is 1. The van der Waals surface area contributed by atoms with Gasteiger partial charge in [-0.25, -0.2) is 0 Å². The third kappa shape index (κ3) is 2.42. The van der Waals surface area contributed by atoms with Gasteiger partial charge in [0.2, 0.25) is 0 Å². The van der Waals surface area contributed by atoms with Gasteiger partial charge in [0.15, 0.2) is 0 Å². The Balaban J connectivity index is 2.25. The number of rotatable bonds is 4. The van der Waals surface area contributed by atoms with E-state index >= 15 is 0 Å². The van der Waals surface area contributed by atoms with E-state index in [-0.39, 0.29) is 6.04 Å². The summed E-state index contributed by atoms with van der Waals surface area (Å²) in [6.07, 6.45) is 4.17. The standard InChI is InChI=1S/C9H18N2S/c1-7(9(10)12)11(2)6-8-4-3-5-8/h7-8H,3-6H2,1-2H3,(H2,10,12). The molecule has 0 aromatic rings. The molecule has 0 bridgehead atoms. The zero-order chi connectivity index (χ0) is 9.14. The molecule has 12 heavy (non-hydrogen) atoms. The molecule has 1 fully saturated rings. The zero-order valence-electron chi connectivity index (χ0n) is 7.92. The minimum absolute atomic E-state index is 0.251. The largest absolute Gasteiger partial charge is 0.392 e. The van der Waals surface area contributed by atoms with E-state index < -0.39 is 0 Å². The molecule has 0 heterocycles. The summed E-state index contributed by atoms with van der Waals surface area (Å²) in [5, 5.41) is 0. The van der Waals surface area contributed by atoms with Crippen LogP contribution in [-0.2, 0) is 0 Å². The topological polar surface area (TPSA) is 29.3 Å². The first kappa shape index (κ1) is 9.93. The summed E-state index contributed by atoms with van der Waals surface area (Å²) < 4.78 is 0. The van der Waals surface area contributed by atoms with Gasteiger partial charge < -0.3 is 5.73 Å². The van der Waals surface area contributed by atoms with Gasteiger partial charge in [0.1, 0.15) is 0 Å². The maximum Gasteiger partial charge on any atom is 0.0899 e. The molecule has 0 radical (unpaired) electrons. The minimum Gasteiger partial charge on any atom is -0.392 e. The highest BCUT2D eigenvalue weighted by atomic mass is 32.1. The molecular formula is C9H18N2S. The van der Waals surface area contributed by atoms with Gasteiger partial charge in [0.05, 0.1) is 11.0 Å². The smallest absolute Gasteiger partial charge is 0.0899 e. The molecule has 1 aliphatic rings. The molecule has 0 aromatic heterocycles. The number of nitrogens with two attached hydrogens (primary N) is 1. The van der Waals surface area contributed by atoms with Crippen molar-refractivity contribution in [2.45, 2.75) is 32.2 Å². The first-order valence-corrected chi connectivity index (χ1v) is 5.01. The summed E-state index contributed by atoms with van der Waals surface area (Å²) in [5.41, 5.74) is 5.56. The molecule has 3 heteroatoms.